The summed E-state index contributed by atoms with van der Waals surface area (Å²) in [7, 11) is 5.57. The van der Waals surface area contributed by atoms with Gasteiger partial charge in [0.1, 0.15) is 11.9 Å². The lowest BCUT2D eigenvalue weighted by Gasteiger charge is -2.42. The predicted octanol–water partition coefficient (Wildman–Crippen LogP) is 5.13. The number of cyclic esters (lactones) is 1. The summed E-state index contributed by atoms with van der Waals surface area (Å²) in [5.41, 5.74) is 0. The number of fused-ring (bicyclic) bond motifs is 5. The number of ether oxygens (including phenoxy) is 1. The summed E-state index contributed by atoms with van der Waals surface area (Å²) in [5, 5.41) is 0. The first-order valence-corrected chi connectivity index (χ1v) is 12.9. The lowest BCUT2D eigenvalue weighted by molar-refractivity contribution is -0.152. The van der Waals surface area contributed by atoms with Gasteiger partial charge in [-0.2, -0.15) is 0 Å². The Morgan fingerprint density at radius 3 is 2.45 bits per heavy atom. The Hall–Kier alpha value is -0.835. The number of carbonyl (C=O) groups excluding carboxylic acids is 2. The second kappa shape index (κ2) is 9.57. The molecule has 4 fully saturated rings. The summed E-state index contributed by atoms with van der Waals surface area (Å²) in [6, 6.07) is 0. The van der Waals surface area contributed by atoms with Gasteiger partial charge in [-0.05, 0) is 92.8 Å². The van der Waals surface area contributed by atoms with Gasteiger partial charge in [0.15, 0.2) is 0 Å². The Bertz CT molecular complexity index is 666. The van der Waals surface area contributed by atoms with E-state index in [9.17, 15) is 9.59 Å². The van der Waals surface area contributed by atoms with Gasteiger partial charge in [0, 0.05) is 24.4 Å². The predicted molar refractivity (Wildman–Crippen MR) is 121 cm³/mol. The van der Waals surface area contributed by atoms with Crippen LogP contribution in [0.5, 0.6) is 0 Å². The monoisotopic (exact) mass is 428 g/mol. The molecule has 2 unspecified atom stereocenters. The van der Waals surface area contributed by atoms with Crippen molar-refractivity contribution < 1.29 is 19.0 Å². The van der Waals surface area contributed by atoms with E-state index in [0.717, 1.165) is 44.9 Å². The standard InChI is InChI=1S/C26H41BO4/c1-5-18-8-6-7-14(2)16(4)26(29)23-12-21-20-11-19(31-27)10-17(20)9-15(3)25(21)22(23)13-24(28)30-18/h14-23,25H,5-13H2,1-4H3/t14-,15?,16+,17+,18-,19+,20+,21-,22+,23?,25+/m0/s1. The summed E-state index contributed by atoms with van der Waals surface area (Å²) in [6.07, 6.45) is 8.58. The number of Topliss-reactive ketones (excluding diaryl/α,β-unsaturated/α-hetero) is 1. The summed E-state index contributed by atoms with van der Waals surface area (Å²) in [5.74, 6) is 3.60. The Labute approximate surface area is 190 Å². The minimum absolute atomic E-state index is 0.00134. The third-order valence-electron chi connectivity index (χ3n) is 9.82. The van der Waals surface area contributed by atoms with Crippen LogP contribution in [0.15, 0.2) is 0 Å². The van der Waals surface area contributed by atoms with E-state index in [-0.39, 0.29) is 35.9 Å². The van der Waals surface area contributed by atoms with Gasteiger partial charge < -0.3 is 9.39 Å². The SMILES string of the molecule is [B]O[C@@H]1C[C@H]2CC(C)[C@@H]3[C@@H](CC4C(=O)[C@H](C)[C@@H](C)CCC[C@H](CC)OC(=O)C[C@H]43)[C@@H]2C1. The topological polar surface area (TPSA) is 52.6 Å². The second-order valence-corrected chi connectivity index (χ2v) is 11.4. The highest BCUT2D eigenvalue weighted by atomic mass is 16.5. The first-order chi connectivity index (χ1) is 14.8. The molecule has 0 amide bonds. The molecule has 1 saturated heterocycles. The van der Waals surface area contributed by atoms with Gasteiger partial charge >= 0.3 is 5.97 Å². The van der Waals surface area contributed by atoms with E-state index in [4.69, 9.17) is 17.4 Å². The number of carbonyl (C=O) groups is 2. The molecule has 172 valence electrons. The lowest BCUT2D eigenvalue weighted by atomic mass is 9.62. The van der Waals surface area contributed by atoms with Crippen molar-refractivity contribution in [1.82, 2.24) is 0 Å². The van der Waals surface area contributed by atoms with Crippen LogP contribution < -0.4 is 0 Å². The van der Waals surface area contributed by atoms with Gasteiger partial charge in [-0.1, -0.05) is 27.7 Å². The van der Waals surface area contributed by atoms with Gasteiger partial charge in [0.2, 0.25) is 0 Å². The Morgan fingerprint density at radius 2 is 1.74 bits per heavy atom. The fourth-order valence-electron chi connectivity index (χ4n) is 8.07. The van der Waals surface area contributed by atoms with Crippen LogP contribution in [0.1, 0.15) is 85.5 Å². The fourth-order valence-corrected chi connectivity index (χ4v) is 8.07. The average Bonchev–Trinajstić information content (AvgIpc) is 3.32. The van der Waals surface area contributed by atoms with E-state index in [1.54, 1.807) is 0 Å². The van der Waals surface area contributed by atoms with Crippen LogP contribution in [-0.4, -0.2) is 32.0 Å². The largest absolute Gasteiger partial charge is 0.462 e. The summed E-state index contributed by atoms with van der Waals surface area (Å²) in [6.45, 7) is 8.82. The fraction of sp³-hybridized carbons (Fsp3) is 0.923. The summed E-state index contributed by atoms with van der Waals surface area (Å²) >= 11 is 0. The molecular weight excluding hydrogens is 387 g/mol. The zero-order valence-corrected chi connectivity index (χ0v) is 19.9. The molecular formula is C26H41BO4. The van der Waals surface area contributed by atoms with Crippen molar-refractivity contribution in [2.24, 2.45) is 53.3 Å². The van der Waals surface area contributed by atoms with Crippen LogP contribution in [0.2, 0.25) is 0 Å². The zero-order valence-electron chi connectivity index (χ0n) is 19.9. The molecule has 0 aromatic rings. The molecule has 3 aliphatic carbocycles. The van der Waals surface area contributed by atoms with Crippen LogP contribution in [0, 0.1) is 53.3 Å². The number of rotatable bonds is 2. The van der Waals surface area contributed by atoms with E-state index in [1.807, 2.05) is 0 Å². The molecule has 4 rings (SSSR count). The number of esters is 1. The van der Waals surface area contributed by atoms with E-state index < -0.39 is 0 Å². The first-order valence-electron chi connectivity index (χ1n) is 12.9. The number of hydrogen-bond acceptors (Lipinski definition) is 4. The maximum absolute atomic E-state index is 13.7. The average molecular weight is 428 g/mol. The maximum Gasteiger partial charge on any atom is 0.306 e. The third-order valence-corrected chi connectivity index (χ3v) is 9.82. The molecule has 0 aromatic carbocycles. The van der Waals surface area contributed by atoms with Gasteiger partial charge in [0.25, 0.3) is 8.05 Å². The minimum Gasteiger partial charge on any atom is -0.462 e. The van der Waals surface area contributed by atoms with Crippen LogP contribution in [0.25, 0.3) is 0 Å². The normalized spacial score (nSPS) is 48.7. The number of hydrogen-bond donors (Lipinski definition) is 0. The van der Waals surface area contributed by atoms with Crippen molar-refractivity contribution in [3.05, 3.63) is 0 Å². The molecule has 5 heteroatoms. The first kappa shape index (κ1) is 23.3. The van der Waals surface area contributed by atoms with Crippen LogP contribution >= 0.6 is 0 Å². The molecule has 0 bridgehead atoms. The Morgan fingerprint density at radius 1 is 0.968 bits per heavy atom. The highest BCUT2D eigenvalue weighted by molar-refractivity contribution is 5.98. The summed E-state index contributed by atoms with van der Waals surface area (Å²) in [4.78, 5) is 26.7. The van der Waals surface area contributed by atoms with Gasteiger partial charge in [0.05, 0.1) is 0 Å². The maximum atomic E-state index is 13.7. The molecule has 4 aliphatic rings. The Balaban J connectivity index is 1.63. The van der Waals surface area contributed by atoms with Crippen LogP contribution in [0.4, 0.5) is 0 Å². The highest BCUT2D eigenvalue weighted by Gasteiger charge is 2.57. The molecule has 31 heavy (non-hydrogen) atoms. The summed E-state index contributed by atoms with van der Waals surface area (Å²) < 4.78 is 11.2. The second-order valence-electron chi connectivity index (χ2n) is 11.4. The van der Waals surface area contributed by atoms with E-state index >= 15 is 0 Å². The van der Waals surface area contributed by atoms with Gasteiger partial charge in [-0.25, -0.2) is 0 Å². The van der Waals surface area contributed by atoms with Crippen LogP contribution in [-0.2, 0) is 19.0 Å². The molecule has 0 spiro atoms. The molecule has 0 N–H and O–H groups in total. The van der Waals surface area contributed by atoms with E-state index in [1.165, 1.54) is 6.42 Å². The molecule has 0 aromatic heterocycles. The molecule has 1 heterocycles. The number of ketones is 1. The van der Waals surface area contributed by atoms with Gasteiger partial charge in [-0.15, -0.1) is 0 Å². The minimum atomic E-state index is -0.0829. The van der Waals surface area contributed by atoms with Crippen molar-refractivity contribution in [3.8, 4) is 0 Å². The Kier molecular flexibility index (Phi) is 7.20. The molecule has 4 nitrogen and oxygen atoms in total. The van der Waals surface area contributed by atoms with E-state index in [2.05, 4.69) is 27.7 Å². The third kappa shape index (κ3) is 4.50. The molecule has 3 saturated carbocycles. The smallest absolute Gasteiger partial charge is 0.306 e. The lowest BCUT2D eigenvalue weighted by Crippen LogP contribution is -2.38. The van der Waals surface area contributed by atoms with Crippen molar-refractivity contribution in [3.63, 3.8) is 0 Å². The van der Waals surface area contributed by atoms with Crippen molar-refractivity contribution in [2.75, 3.05) is 0 Å². The molecule has 11 atom stereocenters. The van der Waals surface area contributed by atoms with Crippen molar-refractivity contribution in [2.45, 2.75) is 97.7 Å². The van der Waals surface area contributed by atoms with Gasteiger partial charge in [-0.3, -0.25) is 9.59 Å². The van der Waals surface area contributed by atoms with E-state index in [0.29, 0.717) is 47.7 Å². The molecule has 1 aliphatic heterocycles. The van der Waals surface area contributed by atoms with Crippen molar-refractivity contribution >= 4 is 19.8 Å². The molecule has 2 radical (unpaired) electrons. The van der Waals surface area contributed by atoms with Crippen molar-refractivity contribution in [1.29, 1.82) is 0 Å². The zero-order chi connectivity index (χ0) is 22.3. The van der Waals surface area contributed by atoms with Crippen LogP contribution in [0.3, 0.4) is 0 Å². The highest BCUT2D eigenvalue weighted by Crippen LogP contribution is 2.60. The quantitative estimate of drug-likeness (QED) is 0.452.